The molecule has 0 aromatic carbocycles. The largest absolute Gasteiger partial charge is 0.469 e. The van der Waals surface area contributed by atoms with Crippen molar-refractivity contribution in [2.75, 3.05) is 7.11 Å². The molecule has 8 atom stereocenters. The van der Waals surface area contributed by atoms with E-state index in [1.54, 1.807) is 6.92 Å². The van der Waals surface area contributed by atoms with E-state index in [9.17, 15) is 29.1 Å². The summed E-state index contributed by atoms with van der Waals surface area (Å²) in [6, 6.07) is 0. The topological polar surface area (TPSA) is 115 Å². The van der Waals surface area contributed by atoms with Crippen molar-refractivity contribution in [3.05, 3.63) is 11.1 Å². The average Bonchev–Trinajstić information content (AvgIpc) is 3.03. The Kier molecular flexibility index (Phi) is 6.99. The van der Waals surface area contributed by atoms with Crippen LogP contribution in [0.2, 0.25) is 0 Å². The van der Waals surface area contributed by atoms with E-state index in [2.05, 4.69) is 6.92 Å². The second kappa shape index (κ2) is 9.21. The van der Waals surface area contributed by atoms with Gasteiger partial charge in [0.25, 0.3) is 0 Å². The molecule has 0 radical (unpaired) electrons. The molecule has 2 fully saturated rings. The summed E-state index contributed by atoms with van der Waals surface area (Å²) >= 11 is 0. The Bertz CT molecular complexity index is 1130. The summed E-state index contributed by atoms with van der Waals surface area (Å²) in [6.07, 6.45) is 1.02. The average molecular weight is 529 g/mol. The SMILES string of the molecule is COC(=O)C(C)CC(=O)C[C@@H](C)[C@H]1CC(=O)[C@@]2(C)C3=C(C(=O)C[C@]12C)[C@@]1(C)CCC(=O)C(C)(C)C1C[C@@H]3O. The normalized spacial score (nSPS) is 39.7. The lowest BCUT2D eigenvalue weighted by Crippen LogP contribution is -2.60. The zero-order valence-corrected chi connectivity index (χ0v) is 24.2. The molecular weight excluding hydrogens is 484 g/mol. The van der Waals surface area contributed by atoms with Crippen LogP contribution >= 0.6 is 0 Å². The van der Waals surface area contributed by atoms with Crippen LogP contribution in [0, 0.1) is 45.3 Å². The van der Waals surface area contributed by atoms with Crippen molar-refractivity contribution in [2.24, 2.45) is 45.3 Å². The summed E-state index contributed by atoms with van der Waals surface area (Å²) in [5.41, 5.74) is -1.82. The first kappa shape index (κ1) is 28.8. The molecular formula is C31H44O7. The lowest BCUT2D eigenvalue weighted by Gasteiger charge is -2.60. The number of Topliss-reactive ketones (excluding diaryl/α,β-unsaturated/α-hetero) is 4. The highest BCUT2D eigenvalue weighted by Gasteiger charge is 2.70. The van der Waals surface area contributed by atoms with Crippen LogP contribution < -0.4 is 0 Å². The maximum Gasteiger partial charge on any atom is 0.308 e. The number of aliphatic hydroxyl groups excluding tert-OH is 1. The maximum atomic E-state index is 14.1. The van der Waals surface area contributed by atoms with E-state index in [0.717, 1.165) is 0 Å². The van der Waals surface area contributed by atoms with Crippen LogP contribution in [0.25, 0.3) is 0 Å². The van der Waals surface area contributed by atoms with Gasteiger partial charge in [0.2, 0.25) is 0 Å². The van der Waals surface area contributed by atoms with Crippen molar-refractivity contribution in [3.8, 4) is 0 Å². The molecule has 7 heteroatoms. The molecule has 210 valence electrons. The van der Waals surface area contributed by atoms with Crippen molar-refractivity contribution in [3.63, 3.8) is 0 Å². The smallest absolute Gasteiger partial charge is 0.308 e. The standard InChI is InChI=1S/C31H44O7/c1-16(11-18(32)12-17(2)27(37)38-8)19-13-24(36)31(7)26-20(33)14-22-28(3,4)23(35)9-10-29(22,5)25(26)21(34)15-30(19,31)6/h16-17,19-20,22,33H,9-15H2,1-8H3/t16-,17?,19-,20+,22?,29+,30-,31+/m1/s1. The molecule has 1 N–H and O–H groups in total. The number of ether oxygens (including phenoxy) is 1. The van der Waals surface area contributed by atoms with E-state index in [1.807, 2.05) is 34.6 Å². The fourth-order valence-corrected chi connectivity index (χ4v) is 9.13. The summed E-state index contributed by atoms with van der Waals surface area (Å²) < 4.78 is 4.75. The van der Waals surface area contributed by atoms with Crippen molar-refractivity contribution >= 4 is 29.1 Å². The van der Waals surface area contributed by atoms with E-state index in [4.69, 9.17) is 4.74 Å². The summed E-state index contributed by atoms with van der Waals surface area (Å²) in [4.78, 5) is 65.5. The van der Waals surface area contributed by atoms with Gasteiger partial charge in [-0.15, -0.1) is 0 Å². The molecule has 0 aromatic heterocycles. The van der Waals surface area contributed by atoms with Crippen LogP contribution in [0.3, 0.4) is 0 Å². The van der Waals surface area contributed by atoms with E-state index in [1.165, 1.54) is 7.11 Å². The number of ketones is 4. The number of carbonyl (C=O) groups excluding carboxylic acids is 5. The monoisotopic (exact) mass is 528 g/mol. The predicted octanol–water partition coefficient (Wildman–Crippen LogP) is 4.43. The molecule has 0 heterocycles. The van der Waals surface area contributed by atoms with E-state index in [-0.39, 0.29) is 66.6 Å². The number of hydrogen-bond acceptors (Lipinski definition) is 7. The zero-order chi connectivity index (χ0) is 28.6. The van der Waals surface area contributed by atoms with Crippen LogP contribution in [-0.4, -0.2) is 47.4 Å². The van der Waals surface area contributed by atoms with Crippen molar-refractivity contribution in [2.45, 2.75) is 99.5 Å². The van der Waals surface area contributed by atoms with Crippen molar-refractivity contribution in [1.29, 1.82) is 0 Å². The molecule has 2 unspecified atom stereocenters. The Labute approximate surface area is 226 Å². The number of esters is 1. The molecule has 0 spiro atoms. The third-order valence-corrected chi connectivity index (χ3v) is 11.5. The number of allylic oxidation sites excluding steroid dienone is 1. The Morgan fingerprint density at radius 1 is 1.03 bits per heavy atom. The van der Waals surface area contributed by atoms with E-state index in [0.29, 0.717) is 30.4 Å². The predicted molar refractivity (Wildman–Crippen MR) is 141 cm³/mol. The summed E-state index contributed by atoms with van der Waals surface area (Å²) in [7, 11) is 1.30. The minimum Gasteiger partial charge on any atom is -0.469 e. The van der Waals surface area contributed by atoms with Gasteiger partial charge in [0.15, 0.2) is 5.78 Å². The number of carbonyl (C=O) groups is 5. The highest BCUT2D eigenvalue weighted by molar-refractivity contribution is 6.05. The molecule has 4 rings (SSSR count). The van der Waals surface area contributed by atoms with Crippen LogP contribution in [0.4, 0.5) is 0 Å². The third kappa shape index (κ3) is 3.82. The maximum absolute atomic E-state index is 14.1. The minimum absolute atomic E-state index is 0.0134. The van der Waals surface area contributed by atoms with Crippen LogP contribution in [-0.2, 0) is 28.7 Å². The number of methoxy groups -OCH3 is 1. The summed E-state index contributed by atoms with van der Waals surface area (Å²) in [5.74, 6) is -1.45. The first-order valence-electron chi connectivity index (χ1n) is 14.1. The van der Waals surface area contributed by atoms with Gasteiger partial charge in [0.1, 0.15) is 17.3 Å². The number of rotatable bonds is 6. The third-order valence-electron chi connectivity index (χ3n) is 11.5. The van der Waals surface area contributed by atoms with E-state index < -0.39 is 39.7 Å². The van der Waals surface area contributed by atoms with Crippen molar-refractivity contribution < 1.29 is 33.8 Å². The highest BCUT2D eigenvalue weighted by Crippen LogP contribution is 2.70. The van der Waals surface area contributed by atoms with Crippen LogP contribution in [0.5, 0.6) is 0 Å². The minimum atomic E-state index is -1.02. The molecule has 0 aliphatic heterocycles. The fraction of sp³-hybridized carbons (Fsp3) is 0.774. The number of hydrogen-bond donors (Lipinski definition) is 1. The molecule has 38 heavy (non-hydrogen) atoms. The van der Waals surface area contributed by atoms with Gasteiger partial charge in [0.05, 0.1) is 24.5 Å². The Morgan fingerprint density at radius 2 is 1.66 bits per heavy atom. The second-order valence-electron chi connectivity index (χ2n) is 13.9. The van der Waals surface area contributed by atoms with Gasteiger partial charge < -0.3 is 9.84 Å². The number of fused-ring (bicyclic) bond motifs is 4. The molecule has 4 aliphatic carbocycles. The molecule has 2 saturated carbocycles. The Balaban J connectivity index is 1.72. The Hall–Kier alpha value is -2.15. The Morgan fingerprint density at radius 3 is 2.26 bits per heavy atom. The molecule has 4 aliphatic rings. The lowest BCUT2D eigenvalue weighted by atomic mass is 9.42. The van der Waals surface area contributed by atoms with Gasteiger partial charge in [-0.1, -0.05) is 41.5 Å². The lowest BCUT2D eigenvalue weighted by molar-refractivity contribution is -0.147. The summed E-state index contributed by atoms with van der Waals surface area (Å²) in [5, 5.41) is 11.6. The molecule has 0 amide bonds. The van der Waals surface area contributed by atoms with Crippen LogP contribution in [0.15, 0.2) is 11.1 Å². The highest BCUT2D eigenvalue weighted by atomic mass is 16.5. The van der Waals surface area contributed by atoms with Gasteiger partial charge in [0, 0.05) is 48.5 Å². The molecule has 7 nitrogen and oxygen atoms in total. The van der Waals surface area contributed by atoms with Gasteiger partial charge in [-0.3, -0.25) is 24.0 Å². The van der Waals surface area contributed by atoms with Gasteiger partial charge in [-0.05, 0) is 48.5 Å². The van der Waals surface area contributed by atoms with Gasteiger partial charge >= 0.3 is 5.97 Å². The summed E-state index contributed by atoms with van der Waals surface area (Å²) in [6.45, 7) is 13.4. The molecule has 0 bridgehead atoms. The van der Waals surface area contributed by atoms with Crippen molar-refractivity contribution in [1.82, 2.24) is 0 Å². The fourth-order valence-electron chi connectivity index (χ4n) is 9.13. The quantitative estimate of drug-likeness (QED) is 0.507. The number of aliphatic hydroxyl groups is 1. The van der Waals surface area contributed by atoms with Gasteiger partial charge in [-0.25, -0.2) is 0 Å². The zero-order valence-electron chi connectivity index (χ0n) is 24.2. The van der Waals surface area contributed by atoms with Gasteiger partial charge in [-0.2, -0.15) is 0 Å². The molecule has 0 saturated heterocycles. The first-order valence-corrected chi connectivity index (χ1v) is 14.1. The van der Waals surface area contributed by atoms with Crippen LogP contribution in [0.1, 0.15) is 93.4 Å². The van der Waals surface area contributed by atoms with E-state index >= 15 is 0 Å². The first-order chi connectivity index (χ1) is 17.5. The molecule has 0 aromatic rings. The second-order valence-corrected chi connectivity index (χ2v) is 13.9.